The van der Waals surface area contributed by atoms with Gasteiger partial charge in [-0.15, -0.1) is 0 Å². The Balaban J connectivity index is 2.60. The largest absolute Gasteiger partial charge is 0.496 e. The lowest BCUT2D eigenvalue weighted by Crippen LogP contribution is -2.18. The van der Waals surface area contributed by atoms with Gasteiger partial charge in [0.2, 0.25) is 0 Å². The molecule has 1 heterocycles. The number of rotatable bonds is 2. The Morgan fingerprint density at radius 3 is 2.38 bits per heavy atom. The van der Waals surface area contributed by atoms with Gasteiger partial charge >= 0.3 is 0 Å². The molecule has 0 aliphatic rings. The standard InChI is InChI=1S/C16H20IN3O/c1-9-8-10(6-7-11(9)21-5)15-19-13(16(2,3)4)12(17)14(18)20-15/h6-8H,1-5H3,(H2,18,19,20). The van der Waals surface area contributed by atoms with Crippen LogP contribution in [-0.4, -0.2) is 17.1 Å². The maximum Gasteiger partial charge on any atom is 0.161 e. The molecule has 2 aromatic rings. The summed E-state index contributed by atoms with van der Waals surface area (Å²) in [5.74, 6) is 2.04. The Bertz CT molecular complexity index is 678. The first-order valence-corrected chi connectivity index (χ1v) is 7.80. The topological polar surface area (TPSA) is 61.0 Å². The zero-order valence-electron chi connectivity index (χ0n) is 13.0. The van der Waals surface area contributed by atoms with Gasteiger partial charge in [-0.05, 0) is 53.3 Å². The van der Waals surface area contributed by atoms with Crippen LogP contribution >= 0.6 is 22.6 Å². The van der Waals surface area contributed by atoms with E-state index in [1.807, 2.05) is 25.1 Å². The SMILES string of the molecule is COc1ccc(-c2nc(N)c(I)c(C(C)(C)C)n2)cc1C. The molecule has 0 atom stereocenters. The van der Waals surface area contributed by atoms with Crippen molar-refractivity contribution in [2.24, 2.45) is 0 Å². The van der Waals surface area contributed by atoms with Crippen LogP contribution in [0.2, 0.25) is 0 Å². The third-order valence-corrected chi connectivity index (χ3v) is 4.30. The molecule has 4 nitrogen and oxygen atoms in total. The molecule has 5 heteroatoms. The number of methoxy groups -OCH3 is 1. The van der Waals surface area contributed by atoms with E-state index in [9.17, 15) is 0 Å². The summed E-state index contributed by atoms with van der Waals surface area (Å²) in [4.78, 5) is 9.16. The minimum Gasteiger partial charge on any atom is -0.496 e. The van der Waals surface area contributed by atoms with Crippen LogP contribution in [-0.2, 0) is 5.41 Å². The maximum absolute atomic E-state index is 6.07. The quantitative estimate of drug-likeness (QED) is 0.780. The van der Waals surface area contributed by atoms with Gasteiger partial charge in [0, 0.05) is 11.0 Å². The monoisotopic (exact) mass is 397 g/mol. The fraction of sp³-hybridized carbons (Fsp3) is 0.375. The molecule has 112 valence electrons. The highest BCUT2D eigenvalue weighted by Gasteiger charge is 2.22. The summed E-state index contributed by atoms with van der Waals surface area (Å²) in [7, 11) is 1.67. The maximum atomic E-state index is 6.07. The van der Waals surface area contributed by atoms with Crippen LogP contribution in [0.5, 0.6) is 5.75 Å². The van der Waals surface area contributed by atoms with E-state index in [1.165, 1.54) is 0 Å². The smallest absolute Gasteiger partial charge is 0.161 e. The number of aryl methyl sites for hydroxylation is 1. The molecule has 0 radical (unpaired) electrons. The van der Waals surface area contributed by atoms with Gasteiger partial charge in [0.25, 0.3) is 0 Å². The van der Waals surface area contributed by atoms with E-state index in [4.69, 9.17) is 15.5 Å². The summed E-state index contributed by atoms with van der Waals surface area (Å²) in [6.45, 7) is 8.38. The zero-order valence-corrected chi connectivity index (χ0v) is 15.1. The summed E-state index contributed by atoms with van der Waals surface area (Å²) in [5, 5.41) is 0. The number of ether oxygens (including phenoxy) is 1. The number of hydrogen-bond donors (Lipinski definition) is 1. The number of anilines is 1. The molecule has 0 spiro atoms. The number of halogens is 1. The minimum atomic E-state index is -0.0795. The van der Waals surface area contributed by atoms with E-state index in [-0.39, 0.29) is 5.41 Å². The van der Waals surface area contributed by atoms with Gasteiger partial charge in [-0.25, -0.2) is 9.97 Å². The van der Waals surface area contributed by atoms with Gasteiger partial charge in [-0.2, -0.15) is 0 Å². The van der Waals surface area contributed by atoms with Crippen molar-refractivity contribution in [1.82, 2.24) is 9.97 Å². The van der Waals surface area contributed by atoms with Gasteiger partial charge < -0.3 is 10.5 Å². The fourth-order valence-corrected chi connectivity index (χ4v) is 3.16. The molecular weight excluding hydrogens is 377 g/mol. The second-order valence-corrected chi connectivity index (χ2v) is 7.11. The zero-order chi connectivity index (χ0) is 15.8. The molecule has 0 fully saturated rings. The summed E-state index contributed by atoms with van der Waals surface area (Å²) in [5.41, 5.74) is 8.95. The van der Waals surface area contributed by atoms with Crippen LogP contribution in [0.25, 0.3) is 11.4 Å². The van der Waals surface area contributed by atoms with Crippen LogP contribution < -0.4 is 10.5 Å². The number of aromatic nitrogens is 2. The van der Waals surface area contributed by atoms with Crippen molar-refractivity contribution >= 4 is 28.4 Å². The first kappa shape index (κ1) is 16.0. The average molecular weight is 397 g/mol. The second kappa shape index (κ2) is 5.79. The fourth-order valence-electron chi connectivity index (χ4n) is 2.11. The molecule has 1 aromatic carbocycles. The highest BCUT2D eigenvalue weighted by molar-refractivity contribution is 14.1. The lowest BCUT2D eigenvalue weighted by Gasteiger charge is -2.21. The lowest BCUT2D eigenvalue weighted by molar-refractivity contribution is 0.412. The summed E-state index contributed by atoms with van der Waals surface area (Å²) >= 11 is 2.21. The van der Waals surface area contributed by atoms with Gasteiger partial charge in [0.1, 0.15) is 11.6 Å². The van der Waals surface area contributed by atoms with Gasteiger partial charge in [-0.1, -0.05) is 20.8 Å². The normalized spacial score (nSPS) is 11.5. The van der Waals surface area contributed by atoms with Crippen LogP contribution in [0.3, 0.4) is 0 Å². The molecule has 21 heavy (non-hydrogen) atoms. The Morgan fingerprint density at radius 1 is 1.19 bits per heavy atom. The van der Waals surface area contributed by atoms with Crippen LogP contribution in [0.15, 0.2) is 18.2 Å². The van der Waals surface area contributed by atoms with Gasteiger partial charge in [0.15, 0.2) is 5.82 Å². The highest BCUT2D eigenvalue weighted by atomic mass is 127. The Hall–Kier alpha value is -1.37. The minimum absolute atomic E-state index is 0.0795. The van der Waals surface area contributed by atoms with Crippen LogP contribution in [0, 0.1) is 10.5 Å². The molecule has 1 aromatic heterocycles. The Labute approximate surface area is 139 Å². The number of hydrogen-bond acceptors (Lipinski definition) is 4. The van der Waals surface area contributed by atoms with E-state index in [2.05, 4.69) is 48.3 Å². The Kier molecular flexibility index (Phi) is 4.41. The molecule has 0 amide bonds. The molecular formula is C16H20IN3O. The van der Waals surface area contributed by atoms with Crippen molar-refractivity contribution in [2.75, 3.05) is 12.8 Å². The molecule has 2 rings (SSSR count). The summed E-state index contributed by atoms with van der Waals surface area (Å²) in [6, 6.07) is 5.91. The van der Waals surface area contributed by atoms with E-state index >= 15 is 0 Å². The molecule has 0 aliphatic carbocycles. The van der Waals surface area contributed by atoms with Crippen molar-refractivity contribution in [1.29, 1.82) is 0 Å². The van der Waals surface area contributed by atoms with Gasteiger partial charge in [-0.3, -0.25) is 0 Å². The predicted molar refractivity (Wildman–Crippen MR) is 94.6 cm³/mol. The summed E-state index contributed by atoms with van der Waals surface area (Å²) < 4.78 is 6.22. The van der Waals surface area contributed by atoms with Gasteiger partial charge in [0.05, 0.1) is 16.4 Å². The lowest BCUT2D eigenvalue weighted by atomic mass is 9.91. The summed E-state index contributed by atoms with van der Waals surface area (Å²) in [6.07, 6.45) is 0. The van der Waals surface area contributed by atoms with Crippen LogP contribution in [0.4, 0.5) is 5.82 Å². The molecule has 0 saturated carbocycles. The molecule has 2 N–H and O–H groups in total. The number of nitrogens with zero attached hydrogens (tertiary/aromatic N) is 2. The van der Waals surface area contributed by atoms with E-state index < -0.39 is 0 Å². The van der Waals surface area contributed by atoms with Crippen molar-refractivity contribution in [3.8, 4) is 17.1 Å². The highest BCUT2D eigenvalue weighted by Crippen LogP contribution is 2.31. The average Bonchev–Trinajstić information content (AvgIpc) is 2.40. The predicted octanol–water partition coefficient (Wildman–Crippen LogP) is 3.94. The number of nitrogens with two attached hydrogens (primary N) is 1. The van der Waals surface area contributed by atoms with E-state index in [0.717, 1.165) is 26.1 Å². The molecule has 0 unspecified atom stereocenters. The van der Waals surface area contributed by atoms with Crippen molar-refractivity contribution in [3.63, 3.8) is 0 Å². The third-order valence-electron chi connectivity index (χ3n) is 3.24. The second-order valence-electron chi connectivity index (χ2n) is 6.03. The molecule has 0 aliphatic heterocycles. The molecule has 0 saturated heterocycles. The number of benzene rings is 1. The van der Waals surface area contributed by atoms with Crippen molar-refractivity contribution < 1.29 is 4.74 Å². The number of nitrogen functional groups attached to an aromatic ring is 1. The third kappa shape index (κ3) is 3.28. The van der Waals surface area contributed by atoms with Crippen LogP contribution in [0.1, 0.15) is 32.0 Å². The first-order valence-electron chi connectivity index (χ1n) is 6.72. The van der Waals surface area contributed by atoms with E-state index in [1.54, 1.807) is 7.11 Å². The van der Waals surface area contributed by atoms with Crippen molar-refractivity contribution in [3.05, 3.63) is 33.0 Å². The Morgan fingerprint density at radius 2 is 1.86 bits per heavy atom. The first-order chi connectivity index (χ1) is 9.74. The molecule has 0 bridgehead atoms. The van der Waals surface area contributed by atoms with Crippen molar-refractivity contribution in [2.45, 2.75) is 33.1 Å². The van der Waals surface area contributed by atoms with E-state index in [0.29, 0.717) is 11.6 Å².